The molecule has 0 saturated heterocycles. The van der Waals surface area contributed by atoms with E-state index in [1.54, 1.807) is 52.8 Å². The molecule has 6 nitrogen and oxygen atoms in total. The van der Waals surface area contributed by atoms with Gasteiger partial charge < -0.3 is 15.6 Å². The third kappa shape index (κ3) is 5.11. The standard InChI is InChI=1S/C16H23ClN2O4/c1-15(2,3)23-14(22)19-11-8-9(6-7-10(11)17)16(4,5)12(18)13(20)21/h6-8,12H,18H2,1-5H3,(H,19,22)(H,20,21). The summed E-state index contributed by atoms with van der Waals surface area (Å²) in [4.78, 5) is 23.0. The molecule has 1 atom stereocenters. The third-order valence-corrected chi connectivity index (χ3v) is 3.72. The van der Waals surface area contributed by atoms with Gasteiger partial charge >= 0.3 is 12.1 Å². The van der Waals surface area contributed by atoms with Crippen LogP contribution in [0.5, 0.6) is 0 Å². The van der Waals surface area contributed by atoms with Crippen molar-refractivity contribution in [2.24, 2.45) is 5.73 Å². The van der Waals surface area contributed by atoms with E-state index in [0.29, 0.717) is 16.3 Å². The topological polar surface area (TPSA) is 102 Å². The van der Waals surface area contributed by atoms with Crippen LogP contribution in [0.25, 0.3) is 0 Å². The Labute approximate surface area is 141 Å². The van der Waals surface area contributed by atoms with Crippen LogP contribution in [0.1, 0.15) is 40.2 Å². The second-order valence-corrected chi connectivity index (χ2v) is 7.27. The molecule has 0 heterocycles. The molecule has 1 amide bonds. The summed E-state index contributed by atoms with van der Waals surface area (Å²) < 4.78 is 5.18. The normalized spacial score (nSPS) is 13.3. The number of benzene rings is 1. The molecule has 0 aliphatic carbocycles. The Kier molecular flexibility index (Phi) is 5.66. The summed E-state index contributed by atoms with van der Waals surface area (Å²) in [6.07, 6.45) is -0.642. The summed E-state index contributed by atoms with van der Waals surface area (Å²) in [6, 6.07) is 3.78. The van der Waals surface area contributed by atoms with Crippen LogP contribution in [-0.2, 0) is 14.9 Å². The van der Waals surface area contributed by atoms with Crippen molar-refractivity contribution in [1.82, 2.24) is 0 Å². The number of aliphatic carboxylic acids is 1. The minimum absolute atomic E-state index is 0.319. The molecule has 0 aromatic heterocycles. The van der Waals surface area contributed by atoms with Gasteiger partial charge in [-0.15, -0.1) is 0 Å². The van der Waals surface area contributed by atoms with Gasteiger partial charge in [-0.05, 0) is 38.5 Å². The minimum atomic E-state index is -1.10. The summed E-state index contributed by atoms with van der Waals surface area (Å²) in [5.74, 6) is -1.10. The number of amides is 1. The number of anilines is 1. The number of ether oxygens (including phenoxy) is 1. The molecule has 0 bridgehead atoms. The predicted molar refractivity (Wildman–Crippen MR) is 89.9 cm³/mol. The average Bonchev–Trinajstić information content (AvgIpc) is 2.37. The van der Waals surface area contributed by atoms with Crippen molar-refractivity contribution in [3.05, 3.63) is 28.8 Å². The van der Waals surface area contributed by atoms with Gasteiger partial charge in [0.1, 0.15) is 11.6 Å². The number of hydrogen-bond donors (Lipinski definition) is 3. The summed E-state index contributed by atoms with van der Waals surface area (Å²) in [6.45, 7) is 8.68. The van der Waals surface area contributed by atoms with Crippen LogP contribution < -0.4 is 11.1 Å². The second-order valence-electron chi connectivity index (χ2n) is 6.86. The van der Waals surface area contributed by atoms with E-state index in [1.807, 2.05) is 0 Å². The summed E-state index contributed by atoms with van der Waals surface area (Å²) in [5, 5.41) is 12.0. The maximum Gasteiger partial charge on any atom is 0.412 e. The fourth-order valence-electron chi connectivity index (χ4n) is 1.92. The number of carboxylic acid groups (broad SMARTS) is 1. The van der Waals surface area contributed by atoms with Crippen molar-refractivity contribution in [3.8, 4) is 0 Å². The molecule has 0 aliphatic rings. The quantitative estimate of drug-likeness (QED) is 0.778. The molecule has 0 spiro atoms. The fourth-order valence-corrected chi connectivity index (χ4v) is 2.09. The number of rotatable bonds is 4. The largest absolute Gasteiger partial charge is 0.480 e. The molecule has 1 aromatic rings. The number of halogens is 1. The first kappa shape index (κ1) is 19.3. The van der Waals surface area contributed by atoms with Crippen molar-refractivity contribution < 1.29 is 19.4 Å². The predicted octanol–water partition coefficient (Wildman–Crippen LogP) is 3.38. The van der Waals surface area contributed by atoms with Crippen LogP contribution in [0.4, 0.5) is 10.5 Å². The van der Waals surface area contributed by atoms with Crippen molar-refractivity contribution >= 4 is 29.4 Å². The monoisotopic (exact) mass is 342 g/mol. The Morgan fingerprint density at radius 3 is 2.30 bits per heavy atom. The minimum Gasteiger partial charge on any atom is -0.480 e. The van der Waals surface area contributed by atoms with Crippen LogP contribution in [0.15, 0.2) is 18.2 Å². The van der Waals surface area contributed by atoms with Crippen molar-refractivity contribution in [2.45, 2.75) is 51.7 Å². The van der Waals surface area contributed by atoms with Crippen molar-refractivity contribution in [3.63, 3.8) is 0 Å². The number of nitrogens with one attached hydrogen (secondary N) is 1. The van der Waals surface area contributed by atoms with Gasteiger partial charge in [-0.25, -0.2) is 4.79 Å². The van der Waals surface area contributed by atoms with E-state index in [9.17, 15) is 9.59 Å². The lowest BCUT2D eigenvalue weighted by Crippen LogP contribution is -2.46. The zero-order chi connectivity index (χ0) is 18.0. The van der Waals surface area contributed by atoms with E-state index in [4.69, 9.17) is 27.2 Å². The van der Waals surface area contributed by atoms with Crippen LogP contribution in [0.2, 0.25) is 5.02 Å². The van der Waals surface area contributed by atoms with E-state index in [0.717, 1.165) is 0 Å². The number of carboxylic acids is 1. The zero-order valence-electron chi connectivity index (χ0n) is 13.9. The van der Waals surface area contributed by atoms with Crippen LogP contribution >= 0.6 is 11.6 Å². The highest BCUT2D eigenvalue weighted by molar-refractivity contribution is 6.33. The van der Waals surface area contributed by atoms with Gasteiger partial charge in [0.25, 0.3) is 0 Å². The lowest BCUT2D eigenvalue weighted by molar-refractivity contribution is -0.140. The molecule has 4 N–H and O–H groups in total. The second kappa shape index (κ2) is 6.76. The number of carbonyl (C=O) groups is 2. The molecule has 0 aliphatic heterocycles. The van der Waals surface area contributed by atoms with E-state index in [-0.39, 0.29) is 0 Å². The van der Waals surface area contributed by atoms with Gasteiger partial charge in [0.2, 0.25) is 0 Å². The molecule has 0 fully saturated rings. The Morgan fingerprint density at radius 2 is 1.83 bits per heavy atom. The van der Waals surface area contributed by atoms with Gasteiger partial charge in [0, 0.05) is 5.41 Å². The summed E-state index contributed by atoms with van der Waals surface area (Å²) >= 11 is 6.09. The van der Waals surface area contributed by atoms with E-state index >= 15 is 0 Å². The molecule has 1 aromatic carbocycles. The van der Waals surface area contributed by atoms with Crippen LogP contribution in [0, 0.1) is 0 Å². The first-order chi connectivity index (χ1) is 10.3. The first-order valence-corrected chi connectivity index (χ1v) is 7.51. The maximum atomic E-state index is 11.9. The Bertz CT molecular complexity index is 609. The summed E-state index contributed by atoms with van der Waals surface area (Å²) in [7, 11) is 0. The Hall–Kier alpha value is -1.79. The van der Waals surface area contributed by atoms with Crippen molar-refractivity contribution in [1.29, 1.82) is 0 Å². The number of nitrogens with two attached hydrogens (primary N) is 1. The Morgan fingerprint density at radius 1 is 1.26 bits per heavy atom. The molecular formula is C16H23ClN2O4. The third-order valence-electron chi connectivity index (χ3n) is 3.39. The number of carbonyl (C=O) groups excluding carboxylic acids is 1. The highest BCUT2D eigenvalue weighted by Crippen LogP contribution is 2.32. The smallest absolute Gasteiger partial charge is 0.412 e. The lowest BCUT2D eigenvalue weighted by Gasteiger charge is -2.30. The molecule has 7 heteroatoms. The first-order valence-electron chi connectivity index (χ1n) is 7.13. The van der Waals surface area contributed by atoms with E-state index < -0.39 is 29.1 Å². The molecule has 128 valence electrons. The average molecular weight is 343 g/mol. The van der Waals surface area contributed by atoms with E-state index in [1.165, 1.54) is 0 Å². The SMILES string of the molecule is CC(C)(C)OC(=O)Nc1cc(C(C)(C)C(N)C(=O)O)ccc1Cl. The van der Waals surface area contributed by atoms with Crippen molar-refractivity contribution in [2.75, 3.05) is 5.32 Å². The Balaban J connectivity index is 3.09. The zero-order valence-corrected chi connectivity index (χ0v) is 14.7. The van der Waals surface area contributed by atoms with Gasteiger partial charge in [0.05, 0.1) is 10.7 Å². The van der Waals surface area contributed by atoms with Gasteiger partial charge in [-0.3, -0.25) is 10.1 Å². The highest BCUT2D eigenvalue weighted by atomic mass is 35.5. The summed E-state index contributed by atoms with van der Waals surface area (Å²) in [5.41, 5.74) is 5.25. The van der Waals surface area contributed by atoms with Crippen LogP contribution in [-0.4, -0.2) is 28.8 Å². The molecule has 1 rings (SSSR count). The molecule has 0 saturated carbocycles. The lowest BCUT2D eigenvalue weighted by atomic mass is 9.78. The maximum absolute atomic E-state index is 11.9. The molecule has 23 heavy (non-hydrogen) atoms. The fraction of sp³-hybridized carbons (Fsp3) is 0.500. The number of hydrogen-bond acceptors (Lipinski definition) is 4. The van der Waals surface area contributed by atoms with Gasteiger partial charge in [-0.2, -0.15) is 0 Å². The van der Waals surface area contributed by atoms with Gasteiger partial charge in [-0.1, -0.05) is 31.5 Å². The molecule has 1 unspecified atom stereocenters. The van der Waals surface area contributed by atoms with Crippen LogP contribution in [0.3, 0.4) is 0 Å². The van der Waals surface area contributed by atoms with Gasteiger partial charge in [0.15, 0.2) is 0 Å². The highest BCUT2D eigenvalue weighted by Gasteiger charge is 2.34. The van der Waals surface area contributed by atoms with E-state index in [2.05, 4.69) is 5.32 Å². The molecule has 0 radical (unpaired) electrons. The molecular weight excluding hydrogens is 320 g/mol.